The number of benzene rings is 2. The van der Waals surface area contributed by atoms with Crippen LogP contribution in [0.1, 0.15) is 31.6 Å². The molecule has 1 aliphatic rings. The topological polar surface area (TPSA) is 55.6 Å². The molecule has 1 amide bonds. The summed E-state index contributed by atoms with van der Waals surface area (Å²) in [5.74, 6) is 1.37. The molecule has 1 aliphatic heterocycles. The van der Waals surface area contributed by atoms with E-state index >= 15 is 0 Å². The fourth-order valence-corrected chi connectivity index (χ4v) is 3.93. The molecule has 4 rings (SSSR count). The Labute approximate surface area is 173 Å². The molecule has 0 saturated carbocycles. The number of ether oxygens (including phenoxy) is 1. The van der Waals surface area contributed by atoms with Gasteiger partial charge in [-0.2, -0.15) is 0 Å². The van der Waals surface area contributed by atoms with E-state index in [1.54, 1.807) is 25.1 Å². The van der Waals surface area contributed by atoms with Crippen LogP contribution in [0.15, 0.2) is 46.9 Å². The highest BCUT2D eigenvalue weighted by Gasteiger charge is 2.30. The fraction of sp³-hybridized carbons (Fsp3) is 0.333. The molecule has 7 heteroatoms. The summed E-state index contributed by atoms with van der Waals surface area (Å²) in [4.78, 5) is 19.2. The molecule has 3 aromatic rings. The number of piperidine rings is 1. The maximum atomic E-state index is 12.8. The van der Waals surface area contributed by atoms with E-state index in [2.05, 4.69) is 4.98 Å². The molecule has 2 aromatic carbocycles. The molecular formula is C21H20Cl2N2O3. The highest BCUT2D eigenvalue weighted by Crippen LogP contribution is 2.31. The van der Waals surface area contributed by atoms with E-state index in [9.17, 15) is 4.79 Å². The Hall–Kier alpha value is -2.24. The number of carbonyl (C=O) groups excluding carboxylic acids is 1. The van der Waals surface area contributed by atoms with Crippen molar-refractivity contribution in [2.75, 3.05) is 13.1 Å². The van der Waals surface area contributed by atoms with Crippen molar-refractivity contribution < 1.29 is 13.9 Å². The lowest BCUT2D eigenvalue weighted by atomic mass is 9.96. The second-order valence-corrected chi connectivity index (χ2v) is 7.80. The van der Waals surface area contributed by atoms with Crippen LogP contribution >= 0.6 is 23.2 Å². The zero-order valence-electron chi connectivity index (χ0n) is 15.4. The molecule has 146 valence electrons. The number of rotatable bonds is 4. The highest BCUT2D eigenvalue weighted by atomic mass is 35.5. The number of amides is 1. The highest BCUT2D eigenvalue weighted by molar-refractivity contribution is 6.35. The summed E-state index contributed by atoms with van der Waals surface area (Å²) in [5.41, 5.74) is 1.68. The third kappa shape index (κ3) is 3.96. The molecule has 5 nitrogen and oxygen atoms in total. The summed E-state index contributed by atoms with van der Waals surface area (Å²) in [6.07, 6.45) is 1.000. The number of aromatic nitrogens is 1. The maximum absolute atomic E-state index is 12.8. The van der Waals surface area contributed by atoms with Gasteiger partial charge in [0.15, 0.2) is 17.6 Å². The first-order chi connectivity index (χ1) is 13.5. The quantitative estimate of drug-likeness (QED) is 0.575. The molecule has 0 aliphatic carbocycles. The first kappa shape index (κ1) is 19.1. The van der Waals surface area contributed by atoms with Crippen LogP contribution in [0.25, 0.3) is 11.1 Å². The molecule has 1 aromatic heterocycles. The third-order valence-electron chi connectivity index (χ3n) is 5.01. The summed E-state index contributed by atoms with van der Waals surface area (Å²) >= 11 is 12.0. The smallest absolute Gasteiger partial charge is 0.263 e. The Morgan fingerprint density at radius 1 is 1.21 bits per heavy atom. The summed E-state index contributed by atoms with van der Waals surface area (Å²) in [6.45, 7) is 3.02. The first-order valence-electron chi connectivity index (χ1n) is 9.27. The Balaban J connectivity index is 1.36. The number of oxazole rings is 1. The SMILES string of the molecule is C[C@@H](Oc1ccc(Cl)cc1Cl)C(=O)N1CCC(c2nc3ccccc3o2)CC1. The molecule has 28 heavy (non-hydrogen) atoms. The molecule has 0 spiro atoms. The van der Waals surface area contributed by atoms with Gasteiger partial charge < -0.3 is 14.1 Å². The average Bonchev–Trinajstić information content (AvgIpc) is 3.14. The van der Waals surface area contributed by atoms with Gasteiger partial charge in [0, 0.05) is 24.0 Å². The van der Waals surface area contributed by atoms with Gasteiger partial charge in [0.2, 0.25) is 0 Å². The standard InChI is InChI=1S/C21H20Cl2N2O3/c1-13(27-18-7-6-15(22)12-16(18)23)21(26)25-10-8-14(9-11-25)20-24-17-4-2-3-5-19(17)28-20/h2-7,12-14H,8-11H2,1H3/t13-/m1/s1. The predicted molar refractivity (Wildman–Crippen MR) is 109 cm³/mol. The van der Waals surface area contributed by atoms with Crippen molar-refractivity contribution >= 4 is 40.2 Å². The Morgan fingerprint density at radius 3 is 2.68 bits per heavy atom. The van der Waals surface area contributed by atoms with Gasteiger partial charge in [0.25, 0.3) is 5.91 Å². The number of fused-ring (bicyclic) bond motifs is 1. The van der Waals surface area contributed by atoms with Gasteiger partial charge >= 0.3 is 0 Å². The van der Waals surface area contributed by atoms with Crippen molar-refractivity contribution in [2.45, 2.75) is 31.8 Å². The van der Waals surface area contributed by atoms with E-state index in [4.69, 9.17) is 32.4 Å². The molecule has 1 saturated heterocycles. The van der Waals surface area contributed by atoms with Gasteiger partial charge in [-0.25, -0.2) is 4.98 Å². The molecule has 1 atom stereocenters. The van der Waals surface area contributed by atoms with Gasteiger partial charge in [-0.1, -0.05) is 35.3 Å². The predicted octanol–water partition coefficient (Wildman–Crippen LogP) is 5.31. The van der Waals surface area contributed by atoms with Gasteiger partial charge in [-0.05, 0) is 50.1 Å². The number of likely N-dealkylation sites (tertiary alicyclic amines) is 1. The minimum absolute atomic E-state index is 0.0537. The maximum Gasteiger partial charge on any atom is 0.263 e. The monoisotopic (exact) mass is 418 g/mol. The van der Waals surface area contributed by atoms with Crippen molar-refractivity contribution in [3.05, 3.63) is 58.4 Å². The third-order valence-corrected chi connectivity index (χ3v) is 5.54. The van der Waals surface area contributed by atoms with Crippen LogP contribution in [0.2, 0.25) is 10.0 Å². The largest absolute Gasteiger partial charge is 0.479 e. The van der Waals surface area contributed by atoms with Crippen molar-refractivity contribution in [1.29, 1.82) is 0 Å². The average molecular weight is 419 g/mol. The number of carbonyl (C=O) groups is 1. The number of hydrogen-bond acceptors (Lipinski definition) is 4. The summed E-state index contributed by atoms with van der Waals surface area (Å²) in [5, 5.41) is 0.916. The Bertz CT molecular complexity index is 963. The molecule has 0 N–H and O–H groups in total. The van der Waals surface area contributed by atoms with Crippen molar-refractivity contribution in [3.63, 3.8) is 0 Å². The lowest BCUT2D eigenvalue weighted by molar-refractivity contribution is -0.139. The minimum Gasteiger partial charge on any atom is -0.479 e. The Morgan fingerprint density at radius 2 is 1.96 bits per heavy atom. The van der Waals surface area contributed by atoms with Crippen molar-refractivity contribution in [3.8, 4) is 5.75 Å². The van der Waals surface area contributed by atoms with E-state index in [0.717, 1.165) is 29.8 Å². The lowest BCUT2D eigenvalue weighted by Gasteiger charge is -2.32. The van der Waals surface area contributed by atoms with E-state index < -0.39 is 6.10 Å². The molecule has 0 bridgehead atoms. The van der Waals surface area contributed by atoms with Crippen LogP contribution in [-0.4, -0.2) is 35.0 Å². The molecular weight excluding hydrogens is 399 g/mol. The molecule has 0 unspecified atom stereocenters. The van der Waals surface area contributed by atoms with E-state index in [0.29, 0.717) is 28.9 Å². The second-order valence-electron chi connectivity index (χ2n) is 6.95. The minimum atomic E-state index is -0.625. The summed E-state index contributed by atoms with van der Waals surface area (Å²) in [6, 6.07) is 12.7. The zero-order chi connectivity index (χ0) is 19.7. The lowest BCUT2D eigenvalue weighted by Crippen LogP contribution is -2.44. The Kier molecular flexibility index (Phi) is 5.47. The zero-order valence-corrected chi connectivity index (χ0v) is 16.9. The van der Waals surface area contributed by atoms with Crippen LogP contribution in [0, 0.1) is 0 Å². The van der Waals surface area contributed by atoms with E-state index in [1.165, 1.54) is 0 Å². The molecule has 0 radical (unpaired) electrons. The number of para-hydroxylation sites is 2. The summed E-state index contributed by atoms with van der Waals surface area (Å²) in [7, 11) is 0. The second kappa shape index (κ2) is 8.02. The van der Waals surface area contributed by atoms with Crippen LogP contribution in [0.5, 0.6) is 5.75 Å². The van der Waals surface area contributed by atoms with Gasteiger partial charge in [0.05, 0.1) is 5.02 Å². The van der Waals surface area contributed by atoms with E-state index in [-0.39, 0.29) is 11.8 Å². The van der Waals surface area contributed by atoms with Gasteiger partial charge in [-0.3, -0.25) is 4.79 Å². The van der Waals surface area contributed by atoms with Gasteiger partial charge in [0.1, 0.15) is 11.3 Å². The number of nitrogens with zero attached hydrogens (tertiary/aromatic N) is 2. The van der Waals surface area contributed by atoms with E-state index in [1.807, 2.05) is 29.2 Å². The fourth-order valence-electron chi connectivity index (χ4n) is 3.48. The first-order valence-corrected chi connectivity index (χ1v) is 10.0. The molecule has 1 fully saturated rings. The molecule has 2 heterocycles. The van der Waals surface area contributed by atoms with Crippen LogP contribution in [0.4, 0.5) is 0 Å². The summed E-state index contributed by atoms with van der Waals surface area (Å²) < 4.78 is 11.6. The number of hydrogen-bond donors (Lipinski definition) is 0. The van der Waals surface area contributed by atoms with Crippen molar-refractivity contribution in [1.82, 2.24) is 9.88 Å². The van der Waals surface area contributed by atoms with Crippen LogP contribution in [-0.2, 0) is 4.79 Å². The van der Waals surface area contributed by atoms with Crippen LogP contribution in [0.3, 0.4) is 0 Å². The number of halogens is 2. The normalized spacial score (nSPS) is 16.3. The van der Waals surface area contributed by atoms with Crippen LogP contribution < -0.4 is 4.74 Å². The van der Waals surface area contributed by atoms with Crippen molar-refractivity contribution in [2.24, 2.45) is 0 Å². The van der Waals surface area contributed by atoms with Gasteiger partial charge in [-0.15, -0.1) is 0 Å².